The number of nitrogens with one attached hydrogen (secondary N) is 3. The number of amides is 3. The minimum atomic E-state index is -1.34. The summed E-state index contributed by atoms with van der Waals surface area (Å²) in [6.07, 6.45) is 2.04. The van der Waals surface area contributed by atoms with Crippen molar-refractivity contribution in [3.8, 4) is 5.75 Å². The van der Waals surface area contributed by atoms with Crippen molar-refractivity contribution in [2.45, 2.75) is 50.4 Å². The van der Waals surface area contributed by atoms with Crippen LogP contribution in [0.2, 0.25) is 0 Å². The first-order valence-corrected chi connectivity index (χ1v) is 11.6. The molecule has 0 unspecified atom stereocenters. The third kappa shape index (κ3) is 10.4. The predicted molar refractivity (Wildman–Crippen MR) is 123 cm³/mol. The summed E-state index contributed by atoms with van der Waals surface area (Å²) in [5.41, 5.74) is 6.22. The van der Waals surface area contributed by atoms with E-state index in [0.717, 1.165) is 0 Å². The lowest BCUT2D eigenvalue weighted by atomic mass is 10.0. The minimum Gasteiger partial charge on any atom is -0.508 e. The zero-order valence-corrected chi connectivity index (χ0v) is 19.3. The molecule has 0 aliphatic rings. The van der Waals surface area contributed by atoms with Crippen molar-refractivity contribution in [2.75, 3.05) is 12.0 Å². The number of aromatic hydroxyl groups is 1. The Labute approximate surface area is 195 Å². The first kappa shape index (κ1) is 27.9. The molecule has 0 aliphatic heterocycles. The van der Waals surface area contributed by atoms with Gasteiger partial charge in [0.1, 0.15) is 24.1 Å². The van der Waals surface area contributed by atoms with E-state index in [2.05, 4.69) is 16.0 Å². The Bertz CT molecular complexity index is 834. The van der Waals surface area contributed by atoms with Crippen LogP contribution in [0.4, 0.5) is 0 Å². The van der Waals surface area contributed by atoms with Gasteiger partial charge in [0.2, 0.25) is 17.7 Å². The molecule has 3 amide bonds. The van der Waals surface area contributed by atoms with Gasteiger partial charge in [-0.1, -0.05) is 12.1 Å². The van der Waals surface area contributed by atoms with Crippen LogP contribution < -0.4 is 21.7 Å². The Morgan fingerprint density at radius 2 is 1.61 bits per heavy atom. The second-order valence-electron chi connectivity index (χ2n) is 7.41. The second-order valence-corrected chi connectivity index (χ2v) is 8.40. The van der Waals surface area contributed by atoms with Gasteiger partial charge >= 0.3 is 5.97 Å². The van der Waals surface area contributed by atoms with E-state index in [4.69, 9.17) is 10.8 Å². The molecule has 0 heterocycles. The Morgan fingerprint density at radius 3 is 2.15 bits per heavy atom. The summed E-state index contributed by atoms with van der Waals surface area (Å²) in [4.78, 5) is 59.7. The first-order valence-electron chi connectivity index (χ1n) is 10.2. The predicted octanol–water partition coefficient (Wildman–Crippen LogP) is -0.837. The Balaban J connectivity index is 3.02. The van der Waals surface area contributed by atoms with Crippen LogP contribution >= 0.6 is 11.8 Å². The number of aldehydes is 1. The fourth-order valence-corrected chi connectivity index (χ4v) is 3.24. The molecule has 0 fully saturated rings. The molecule has 1 rings (SSSR count). The molecule has 0 saturated carbocycles. The summed E-state index contributed by atoms with van der Waals surface area (Å²) < 4.78 is 0. The van der Waals surface area contributed by atoms with Crippen molar-refractivity contribution in [1.29, 1.82) is 0 Å². The number of aliphatic carboxylic acids is 1. The fraction of sp³-hybridized carbons (Fsp3) is 0.476. The maximum absolute atomic E-state index is 13.0. The quantitative estimate of drug-likeness (QED) is 0.184. The number of thioether (sulfide) groups is 1. The van der Waals surface area contributed by atoms with E-state index in [1.165, 1.54) is 30.8 Å². The van der Waals surface area contributed by atoms with E-state index < -0.39 is 54.3 Å². The van der Waals surface area contributed by atoms with E-state index in [1.807, 2.05) is 6.26 Å². The number of carboxylic acid groups (broad SMARTS) is 1. The van der Waals surface area contributed by atoms with Gasteiger partial charge in [-0.25, -0.2) is 0 Å². The van der Waals surface area contributed by atoms with Gasteiger partial charge in [0.05, 0.1) is 18.5 Å². The summed E-state index contributed by atoms with van der Waals surface area (Å²) in [5.74, 6) is -2.77. The van der Waals surface area contributed by atoms with Crippen molar-refractivity contribution >= 4 is 41.7 Å². The summed E-state index contributed by atoms with van der Waals surface area (Å²) in [6.45, 7) is 1.48. The highest BCUT2D eigenvalue weighted by Crippen LogP contribution is 2.12. The van der Waals surface area contributed by atoms with Crippen LogP contribution in [0.25, 0.3) is 0 Å². The van der Waals surface area contributed by atoms with Crippen LogP contribution in [-0.2, 0) is 30.4 Å². The molecule has 0 radical (unpaired) electrons. The van der Waals surface area contributed by atoms with Crippen molar-refractivity contribution < 1.29 is 34.2 Å². The molecule has 1 aromatic rings. The van der Waals surface area contributed by atoms with Crippen LogP contribution in [0.1, 0.15) is 25.3 Å². The van der Waals surface area contributed by atoms with Crippen LogP contribution in [-0.4, -0.2) is 76.4 Å². The lowest BCUT2D eigenvalue weighted by molar-refractivity contribution is -0.139. The van der Waals surface area contributed by atoms with Crippen molar-refractivity contribution in [2.24, 2.45) is 5.73 Å². The van der Waals surface area contributed by atoms with E-state index in [-0.39, 0.29) is 18.6 Å². The van der Waals surface area contributed by atoms with Gasteiger partial charge in [0.15, 0.2) is 0 Å². The Kier molecular flexibility index (Phi) is 11.9. The summed E-state index contributed by atoms with van der Waals surface area (Å²) >= 11 is 1.44. The first-order chi connectivity index (χ1) is 15.6. The topological polar surface area (TPSA) is 188 Å². The van der Waals surface area contributed by atoms with Gasteiger partial charge in [-0.2, -0.15) is 11.8 Å². The number of carbonyl (C=O) groups is 5. The molecule has 0 saturated heterocycles. The van der Waals surface area contributed by atoms with E-state index in [9.17, 15) is 29.1 Å². The lowest BCUT2D eigenvalue weighted by Crippen LogP contribution is -2.57. The van der Waals surface area contributed by atoms with Gasteiger partial charge < -0.3 is 36.7 Å². The van der Waals surface area contributed by atoms with Crippen LogP contribution in [0.3, 0.4) is 0 Å². The highest BCUT2D eigenvalue weighted by Gasteiger charge is 2.29. The molecule has 0 spiro atoms. The van der Waals surface area contributed by atoms with Crippen molar-refractivity contribution in [1.82, 2.24) is 16.0 Å². The smallest absolute Gasteiger partial charge is 0.305 e. The molecule has 4 atom stereocenters. The van der Waals surface area contributed by atoms with E-state index in [1.54, 1.807) is 12.1 Å². The minimum absolute atomic E-state index is 0.0379. The number of benzene rings is 1. The van der Waals surface area contributed by atoms with E-state index >= 15 is 0 Å². The average Bonchev–Trinajstić information content (AvgIpc) is 2.76. The third-order valence-electron chi connectivity index (χ3n) is 4.56. The zero-order valence-electron chi connectivity index (χ0n) is 18.4. The number of phenolic OH excluding ortho intramolecular Hbond substituents is 1. The number of hydrogen-bond acceptors (Lipinski definition) is 8. The van der Waals surface area contributed by atoms with E-state index in [0.29, 0.717) is 17.6 Å². The molecule has 1 aromatic carbocycles. The number of nitrogens with two attached hydrogens (primary N) is 1. The third-order valence-corrected chi connectivity index (χ3v) is 5.20. The molecule has 33 heavy (non-hydrogen) atoms. The maximum atomic E-state index is 13.0. The average molecular weight is 483 g/mol. The second kappa shape index (κ2) is 14.1. The maximum Gasteiger partial charge on any atom is 0.305 e. The Morgan fingerprint density at radius 1 is 1.03 bits per heavy atom. The largest absolute Gasteiger partial charge is 0.508 e. The Hall–Kier alpha value is -3.12. The highest BCUT2D eigenvalue weighted by atomic mass is 32.2. The summed E-state index contributed by atoms with van der Waals surface area (Å²) in [5, 5.41) is 25.8. The molecule has 0 aliphatic carbocycles. The van der Waals surface area contributed by atoms with Crippen LogP contribution in [0.15, 0.2) is 24.3 Å². The molecule has 0 bridgehead atoms. The van der Waals surface area contributed by atoms with Crippen molar-refractivity contribution in [3.05, 3.63) is 29.8 Å². The molecular formula is C21H30N4O7S. The number of carbonyl (C=O) groups excluding carboxylic acids is 4. The number of carboxylic acids is 1. The van der Waals surface area contributed by atoms with Crippen LogP contribution in [0.5, 0.6) is 5.75 Å². The van der Waals surface area contributed by atoms with Gasteiger partial charge in [-0.05, 0) is 43.0 Å². The molecule has 7 N–H and O–H groups in total. The summed E-state index contributed by atoms with van der Waals surface area (Å²) in [7, 11) is 0. The molecule has 182 valence electrons. The normalized spacial score (nSPS) is 14.3. The van der Waals surface area contributed by atoms with Gasteiger partial charge in [-0.15, -0.1) is 0 Å². The molecule has 11 nitrogen and oxygen atoms in total. The standard InChI is InChI=1S/C21H30N4O7S/c1-12(11-26)23-21(32)17(9-13-3-5-14(27)6-4-13)25-20(31)16(7-8-33-2)24-19(30)15(22)10-18(28)29/h3-6,11-12,15-17,27H,7-10,22H2,1-2H3,(H,23,32)(H,24,30)(H,25,31)(H,28,29)/t12-,15-,16-,17-/m0/s1. The SMILES string of the molecule is CSCC[C@H](NC(=O)[C@@H](N)CC(=O)O)C(=O)N[C@@H](Cc1ccc(O)cc1)C(=O)N[C@@H](C)C=O. The zero-order chi connectivity index (χ0) is 25.0. The van der Waals surface area contributed by atoms with Crippen LogP contribution in [0, 0.1) is 0 Å². The summed E-state index contributed by atoms with van der Waals surface area (Å²) in [6, 6.07) is 1.80. The number of hydrogen-bond donors (Lipinski definition) is 6. The fourth-order valence-electron chi connectivity index (χ4n) is 2.77. The lowest BCUT2D eigenvalue weighted by Gasteiger charge is -2.24. The number of phenols is 1. The molecule has 12 heteroatoms. The number of rotatable bonds is 14. The highest BCUT2D eigenvalue weighted by molar-refractivity contribution is 7.98. The van der Waals surface area contributed by atoms with Gasteiger partial charge in [0.25, 0.3) is 0 Å². The van der Waals surface area contributed by atoms with Gasteiger partial charge in [-0.3, -0.25) is 19.2 Å². The van der Waals surface area contributed by atoms with Crippen molar-refractivity contribution in [3.63, 3.8) is 0 Å². The monoisotopic (exact) mass is 482 g/mol. The molecular weight excluding hydrogens is 452 g/mol. The van der Waals surface area contributed by atoms with Gasteiger partial charge in [0, 0.05) is 6.42 Å². The molecule has 0 aromatic heterocycles.